The normalized spacial score (nSPS) is 16.9. The summed E-state index contributed by atoms with van der Waals surface area (Å²) in [7, 11) is 0. The van der Waals surface area contributed by atoms with Crippen molar-refractivity contribution < 1.29 is 4.74 Å². The topological polar surface area (TPSA) is 67.0 Å². The Morgan fingerprint density at radius 2 is 1.88 bits per heavy atom. The molecule has 7 heteroatoms. The Morgan fingerprint density at radius 3 is 2.65 bits per heavy atom. The maximum atomic E-state index is 10.3. The van der Waals surface area contributed by atoms with Crippen molar-refractivity contribution >= 4 is 23.0 Å². The Bertz CT molecular complexity index is 1250. The van der Waals surface area contributed by atoms with E-state index in [4.69, 9.17) is 4.74 Å². The smallest absolute Gasteiger partial charge is 0.177 e. The summed E-state index contributed by atoms with van der Waals surface area (Å²) < 4.78 is 7.77. The van der Waals surface area contributed by atoms with Crippen LogP contribution < -0.4 is 4.74 Å². The van der Waals surface area contributed by atoms with Crippen molar-refractivity contribution in [2.45, 2.75) is 45.7 Å². The largest absolute Gasteiger partial charge is 0.494 e. The number of fused-ring (bicyclic) bond motifs is 1. The number of aryl methyl sites for hydroxylation is 1. The molecule has 6 nitrogen and oxygen atoms in total. The lowest BCUT2D eigenvalue weighted by Crippen LogP contribution is -2.18. The van der Waals surface area contributed by atoms with Gasteiger partial charge in [0.2, 0.25) is 0 Å². The Labute approximate surface area is 204 Å². The number of nitrogens with zero attached hydrogens (tertiary/aromatic N) is 5. The third kappa shape index (κ3) is 4.46. The van der Waals surface area contributed by atoms with Gasteiger partial charge in [0.1, 0.15) is 28.2 Å². The highest BCUT2D eigenvalue weighted by atomic mass is 32.2. The lowest BCUT2D eigenvalue weighted by molar-refractivity contribution is 0.340. The summed E-state index contributed by atoms with van der Waals surface area (Å²) in [4.78, 5) is 2.23. The van der Waals surface area contributed by atoms with Crippen molar-refractivity contribution in [1.29, 1.82) is 5.26 Å². The van der Waals surface area contributed by atoms with Crippen LogP contribution in [0.2, 0.25) is 0 Å². The van der Waals surface area contributed by atoms with Crippen molar-refractivity contribution in [3.63, 3.8) is 0 Å². The Hall–Kier alpha value is -3.50. The summed E-state index contributed by atoms with van der Waals surface area (Å²) >= 11 is 1.58. The number of nitriles is 1. The van der Waals surface area contributed by atoms with Gasteiger partial charge in [-0.15, -0.1) is 10.2 Å². The van der Waals surface area contributed by atoms with E-state index < -0.39 is 0 Å². The molecular weight excluding hydrogens is 442 g/mol. The predicted molar refractivity (Wildman–Crippen MR) is 135 cm³/mol. The second-order valence-corrected chi connectivity index (χ2v) is 9.20. The molecule has 172 valence electrons. The second-order valence-electron chi connectivity index (χ2n) is 8.34. The van der Waals surface area contributed by atoms with E-state index in [0.29, 0.717) is 24.5 Å². The zero-order chi connectivity index (χ0) is 23.3. The summed E-state index contributed by atoms with van der Waals surface area (Å²) in [5, 5.41) is 22.2. The van der Waals surface area contributed by atoms with Crippen molar-refractivity contribution in [2.24, 2.45) is 0 Å². The van der Waals surface area contributed by atoms with Gasteiger partial charge in [-0.2, -0.15) is 5.26 Å². The lowest BCUT2D eigenvalue weighted by atomic mass is 10.1. The van der Waals surface area contributed by atoms with Crippen LogP contribution in [0.5, 0.6) is 5.75 Å². The van der Waals surface area contributed by atoms with Crippen LogP contribution >= 0.6 is 11.8 Å². The maximum Gasteiger partial charge on any atom is 0.177 e. The fourth-order valence-electron chi connectivity index (χ4n) is 4.44. The second kappa shape index (κ2) is 10.2. The molecule has 0 saturated carbocycles. The molecule has 2 aliphatic heterocycles. The first-order valence-corrected chi connectivity index (χ1v) is 12.6. The van der Waals surface area contributed by atoms with Crippen molar-refractivity contribution in [3.05, 3.63) is 87.8 Å². The number of allylic oxidation sites excluding steroid dienone is 1. The Kier molecular flexibility index (Phi) is 6.68. The third-order valence-corrected chi connectivity index (χ3v) is 7.11. The number of hydrogen-bond donors (Lipinski definition) is 0. The van der Waals surface area contributed by atoms with Gasteiger partial charge in [-0.05, 0) is 55.2 Å². The van der Waals surface area contributed by atoms with Crippen LogP contribution in [0.15, 0.2) is 65.0 Å². The van der Waals surface area contributed by atoms with Gasteiger partial charge in [0.15, 0.2) is 5.82 Å². The van der Waals surface area contributed by atoms with Gasteiger partial charge in [0.05, 0.1) is 12.3 Å². The van der Waals surface area contributed by atoms with E-state index in [-0.39, 0.29) is 0 Å². The molecule has 0 fully saturated rings. The van der Waals surface area contributed by atoms with Crippen LogP contribution in [0.1, 0.15) is 49.0 Å². The summed E-state index contributed by atoms with van der Waals surface area (Å²) in [6.07, 6.45) is 4.30. The first kappa shape index (κ1) is 22.3. The van der Waals surface area contributed by atoms with Crippen LogP contribution in [0.3, 0.4) is 0 Å². The van der Waals surface area contributed by atoms with Crippen LogP contribution in [0.25, 0.3) is 11.3 Å². The van der Waals surface area contributed by atoms with E-state index in [1.807, 2.05) is 37.3 Å². The molecule has 0 amide bonds. The third-order valence-electron chi connectivity index (χ3n) is 6.12. The number of hydrogen-bond acceptors (Lipinski definition) is 6. The van der Waals surface area contributed by atoms with Gasteiger partial charge in [0.25, 0.3) is 0 Å². The van der Waals surface area contributed by atoms with E-state index in [0.717, 1.165) is 53.7 Å². The van der Waals surface area contributed by atoms with Crippen LogP contribution in [-0.4, -0.2) is 26.3 Å². The minimum atomic E-state index is 0.582. The highest BCUT2D eigenvalue weighted by molar-refractivity contribution is 8.06. The van der Waals surface area contributed by atoms with Gasteiger partial charge < -0.3 is 14.2 Å². The molecule has 34 heavy (non-hydrogen) atoms. The lowest BCUT2D eigenvalue weighted by Gasteiger charge is -2.25. The first-order valence-electron chi connectivity index (χ1n) is 11.8. The maximum absolute atomic E-state index is 10.3. The highest BCUT2D eigenvalue weighted by Gasteiger charge is 2.29. The fourth-order valence-corrected chi connectivity index (χ4v) is 5.47. The molecule has 1 aromatic heterocycles. The Morgan fingerprint density at radius 1 is 1.06 bits per heavy atom. The minimum Gasteiger partial charge on any atom is -0.494 e. The molecule has 5 rings (SSSR count). The van der Waals surface area contributed by atoms with Gasteiger partial charge in [-0.25, -0.2) is 0 Å². The van der Waals surface area contributed by atoms with E-state index in [1.165, 1.54) is 12.0 Å². The fraction of sp³-hybridized carbons (Fsp3) is 0.296. The monoisotopic (exact) mass is 469 g/mol. The van der Waals surface area contributed by atoms with Crippen LogP contribution in [0, 0.1) is 11.3 Å². The van der Waals surface area contributed by atoms with E-state index >= 15 is 0 Å². The predicted octanol–water partition coefficient (Wildman–Crippen LogP) is 5.84. The molecule has 0 aliphatic carbocycles. The molecule has 3 heterocycles. The van der Waals surface area contributed by atoms with Crippen molar-refractivity contribution in [2.75, 3.05) is 6.61 Å². The summed E-state index contributed by atoms with van der Waals surface area (Å²) in [5.41, 5.74) is 3.91. The zero-order valence-electron chi connectivity index (χ0n) is 19.3. The van der Waals surface area contributed by atoms with Gasteiger partial charge >= 0.3 is 0 Å². The molecule has 0 unspecified atom stereocenters. The zero-order valence-corrected chi connectivity index (χ0v) is 20.1. The van der Waals surface area contributed by atoms with Crippen LogP contribution in [-0.2, 0) is 19.5 Å². The number of ether oxygens (including phenoxy) is 1. The quantitative estimate of drug-likeness (QED) is 0.422. The average Bonchev–Trinajstić information content (AvgIpc) is 3.37. The molecular formula is C27H27N5OS. The molecule has 2 aliphatic rings. The molecule has 0 atom stereocenters. The van der Waals surface area contributed by atoms with E-state index in [1.54, 1.807) is 11.8 Å². The average molecular weight is 470 g/mol. The summed E-state index contributed by atoms with van der Waals surface area (Å²) in [5.74, 6) is 2.52. The molecule has 0 N–H and O–H groups in total. The van der Waals surface area contributed by atoms with Gasteiger partial charge in [-0.3, -0.25) is 0 Å². The SMILES string of the molecule is CCOc1ccc(C2=CS/C(=C(/C#N)c3nnc4n3CCCCC4)N2Cc2ccccc2)cc1. The minimum absolute atomic E-state index is 0.582. The molecule has 3 aromatic rings. The van der Waals surface area contributed by atoms with E-state index in [9.17, 15) is 5.26 Å². The number of aromatic nitrogens is 3. The number of rotatable bonds is 6. The molecule has 2 aromatic carbocycles. The Balaban J connectivity index is 1.56. The standard InChI is InChI=1S/C27H27N5OS/c1-2-33-22-14-12-21(13-15-22)24-19-34-27(32(24)18-20-9-5-3-6-10-20)23(17-28)26-30-29-25-11-7-4-8-16-31(25)26/h3,5-6,9-10,12-15,19H,2,4,7-8,11,16,18H2,1H3/b27-23-. The number of benzene rings is 2. The summed E-state index contributed by atoms with van der Waals surface area (Å²) in [6.45, 7) is 4.14. The van der Waals surface area contributed by atoms with Gasteiger partial charge in [-0.1, -0.05) is 48.5 Å². The summed E-state index contributed by atoms with van der Waals surface area (Å²) in [6, 6.07) is 21.0. The van der Waals surface area contributed by atoms with E-state index in [2.05, 4.69) is 55.4 Å². The molecule has 0 bridgehead atoms. The van der Waals surface area contributed by atoms with Gasteiger partial charge in [0, 0.05) is 24.9 Å². The highest BCUT2D eigenvalue weighted by Crippen LogP contribution is 2.44. The number of thioether (sulfide) groups is 1. The molecule has 0 radical (unpaired) electrons. The molecule has 0 saturated heterocycles. The van der Waals surface area contributed by atoms with Crippen molar-refractivity contribution in [1.82, 2.24) is 19.7 Å². The molecule has 0 spiro atoms. The van der Waals surface area contributed by atoms with Crippen LogP contribution in [0.4, 0.5) is 0 Å². The van der Waals surface area contributed by atoms with Crippen molar-refractivity contribution in [3.8, 4) is 11.8 Å². The first-order chi connectivity index (χ1) is 16.8.